The maximum Gasteiger partial charge on any atom is 0.410 e. The predicted octanol–water partition coefficient (Wildman–Crippen LogP) is 9.03. The predicted molar refractivity (Wildman–Crippen MR) is 217 cm³/mol. The zero-order chi connectivity index (χ0) is 39.0. The van der Waals surface area contributed by atoms with Crippen molar-refractivity contribution in [2.45, 2.75) is 134 Å². The molecule has 0 spiro atoms. The summed E-state index contributed by atoms with van der Waals surface area (Å²) in [5.74, 6) is 3.61. The van der Waals surface area contributed by atoms with Gasteiger partial charge >= 0.3 is 11.2 Å². The first-order valence-corrected chi connectivity index (χ1v) is 23.0. The first-order chi connectivity index (χ1) is 25.4. The lowest BCUT2D eigenvalue weighted by Gasteiger charge is -2.48. The van der Waals surface area contributed by atoms with E-state index in [-0.39, 0.29) is 46.5 Å². The van der Waals surface area contributed by atoms with E-state index in [1.54, 1.807) is 0 Å². The highest BCUT2D eigenvalue weighted by molar-refractivity contribution is 7.90. The van der Waals surface area contributed by atoms with Crippen LogP contribution in [0.4, 0.5) is 15.0 Å². The van der Waals surface area contributed by atoms with Crippen LogP contribution in [0.25, 0.3) is 32.9 Å². The molecular formula is C42H52FN5O4SSi. The molecule has 2 bridgehead atoms. The maximum absolute atomic E-state index is 17.4. The topological polar surface area (TPSA) is 104 Å². The number of hydrogen-bond donors (Lipinski definition) is 0. The highest BCUT2D eigenvalue weighted by atomic mass is 32.2. The van der Waals surface area contributed by atoms with Crippen molar-refractivity contribution < 1.29 is 23.2 Å². The fourth-order valence-electron chi connectivity index (χ4n) is 9.58. The minimum absolute atomic E-state index is 0.00591. The molecule has 12 heteroatoms. The Morgan fingerprint density at radius 3 is 2.31 bits per heavy atom. The molecule has 2 saturated heterocycles. The van der Waals surface area contributed by atoms with Gasteiger partial charge in [0.25, 0.3) is 0 Å². The summed E-state index contributed by atoms with van der Waals surface area (Å²) in [4.78, 5) is 31.9. The highest BCUT2D eigenvalue weighted by Crippen LogP contribution is 2.47. The molecule has 9 nitrogen and oxygen atoms in total. The van der Waals surface area contributed by atoms with Gasteiger partial charge in [0.05, 0.1) is 18.1 Å². The summed E-state index contributed by atoms with van der Waals surface area (Å²) in [6, 6.07) is 11.1. The fourth-order valence-corrected chi connectivity index (χ4v) is 15.2. The van der Waals surface area contributed by atoms with Crippen molar-refractivity contribution in [3.63, 3.8) is 0 Å². The van der Waals surface area contributed by atoms with E-state index < -0.39 is 36.8 Å². The number of carbonyl (C=O) groups is 1. The normalized spacial score (nSPS) is 21.6. The number of aromatic nitrogens is 3. The lowest BCUT2D eigenvalue weighted by Crippen LogP contribution is -2.65. The van der Waals surface area contributed by atoms with Crippen molar-refractivity contribution in [2.24, 2.45) is 0 Å². The van der Waals surface area contributed by atoms with Gasteiger partial charge in [0, 0.05) is 34.2 Å². The van der Waals surface area contributed by atoms with Crippen molar-refractivity contribution >= 4 is 52.8 Å². The van der Waals surface area contributed by atoms with Crippen LogP contribution in [0.5, 0.6) is 5.88 Å². The Morgan fingerprint density at radius 1 is 1.02 bits per heavy atom. The van der Waals surface area contributed by atoms with E-state index in [0.717, 1.165) is 29.2 Å². The molecule has 2 fully saturated rings. The second kappa shape index (κ2) is 14.0. The molecule has 7 rings (SSSR count). The van der Waals surface area contributed by atoms with Crippen molar-refractivity contribution in [2.75, 3.05) is 17.7 Å². The van der Waals surface area contributed by atoms with E-state index in [4.69, 9.17) is 19.4 Å². The molecule has 2 aromatic carbocycles. The van der Waals surface area contributed by atoms with Crippen LogP contribution in [0.2, 0.25) is 16.6 Å². The Labute approximate surface area is 322 Å². The molecule has 54 heavy (non-hydrogen) atoms. The number of carbonyl (C=O) groups excluding carboxylic acids is 1. The Bertz CT molecular complexity index is 2170. The number of ether oxygens (including phenoxy) is 2. The average molecular weight is 770 g/mol. The number of pyridine rings is 1. The molecular weight excluding hydrogens is 718 g/mol. The van der Waals surface area contributed by atoms with E-state index in [0.29, 0.717) is 39.9 Å². The van der Waals surface area contributed by atoms with E-state index in [2.05, 4.69) is 62.9 Å². The first kappa shape index (κ1) is 38.4. The number of fused-ring (bicyclic) bond motifs is 6. The second-order valence-electron chi connectivity index (χ2n) is 17.1. The summed E-state index contributed by atoms with van der Waals surface area (Å²) in [6.45, 7) is 21.7. The van der Waals surface area contributed by atoms with Gasteiger partial charge in [0.2, 0.25) is 5.88 Å². The molecule has 286 valence electrons. The van der Waals surface area contributed by atoms with Gasteiger partial charge in [-0.2, -0.15) is 9.97 Å². The third-order valence-electron chi connectivity index (χ3n) is 11.8. The molecule has 3 aliphatic rings. The van der Waals surface area contributed by atoms with Crippen molar-refractivity contribution in [1.82, 2.24) is 19.9 Å². The van der Waals surface area contributed by atoms with Gasteiger partial charge in [0.15, 0.2) is 11.6 Å². The Balaban J connectivity index is 1.42. The van der Waals surface area contributed by atoms with E-state index in [1.165, 1.54) is 6.26 Å². The SMILES string of the molecule is CC(C)[Si](C#Cc1cccc2cccc(-c3nc4c5c(nc([S+](C)[O-])nc5c3F)N3C[C@H]5CC[C@@H]([C@H]3[C@H](C)O4)N5C(=O)OC(C)(C)C)c12)(C(C)C)C(C)C. The van der Waals surface area contributed by atoms with Crippen LogP contribution >= 0.6 is 0 Å². The van der Waals surface area contributed by atoms with Gasteiger partial charge in [-0.3, -0.25) is 4.90 Å². The fraction of sp³-hybridized carbons (Fsp3) is 0.524. The standard InChI is InChI=1S/C42H52FN5O4SSi/c1-23(2)54(24(3)4,25(5)6)21-20-28-15-12-14-27-16-13-17-30(32(27)28)35-34(43)36-33-38(46-40(45-36)53(11)50)47-22-29-18-19-31(37(47)26(7)51-39(33)44-35)48(29)41(49)52-42(8,9)10/h12-17,23-26,29,31,37H,18-19,22H2,1-11H3/t26-,29+,31-,37+,53?/m0/s1. The molecule has 0 saturated carbocycles. The molecule has 0 N–H and O–H groups in total. The quantitative estimate of drug-likeness (QED) is 0.0858. The van der Waals surface area contributed by atoms with Crippen molar-refractivity contribution in [1.29, 1.82) is 0 Å². The lowest BCUT2D eigenvalue weighted by molar-refractivity contribution is 0.000949. The molecule has 5 atom stereocenters. The van der Waals surface area contributed by atoms with Gasteiger partial charge < -0.3 is 18.9 Å². The minimum atomic E-state index is -2.08. The zero-order valence-electron chi connectivity index (χ0n) is 33.3. The maximum atomic E-state index is 17.4. The summed E-state index contributed by atoms with van der Waals surface area (Å²) in [7, 11) is -2.08. The molecule has 4 aromatic rings. The van der Waals surface area contributed by atoms with Crippen molar-refractivity contribution in [3.05, 3.63) is 47.8 Å². The molecule has 0 radical (unpaired) electrons. The van der Waals surface area contributed by atoms with E-state index in [1.807, 2.05) is 69.0 Å². The summed E-state index contributed by atoms with van der Waals surface area (Å²) in [6.07, 6.45) is 2.19. The van der Waals surface area contributed by atoms with Gasteiger partial charge in [-0.15, -0.1) is 5.54 Å². The average Bonchev–Trinajstić information content (AvgIpc) is 3.34. The Morgan fingerprint density at radius 2 is 1.69 bits per heavy atom. The molecule has 1 unspecified atom stereocenters. The minimum Gasteiger partial charge on any atom is -0.609 e. The van der Waals surface area contributed by atoms with Crippen LogP contribution in [0, 0.1) is 17.3 Å². The smallest absolute Gasteiger partial charge is 0.410 e. The molecule has 5 heterocycles. The number of benzene rings is 2. The number of piperazine rings is 1. The van der Waals surface area contributed by atoms with Crippen LogP contribution in [-0.2, 0) is 15.9 Å². The number of rotatable bonds is 5. The van der Waals surface area contributed by atoms with Gasteiger partial charge in [-0.05, 0) is 68.6 Å². The van der Waals surface area contributed by atoms with Gasteiger partial charge in [0.1, 0.15) is 42.6 Å². The lowest BCUT2D eigenvalue weighted by atomic mass is 9.96. The monoisotopic (exact) mass is 769 g/mol. The van der Waals surface area contributed by atoms with Gasteiger partial charge in [-0.25, -0.2) is 14.2 Å². The van der Waals surface area contributed by atoms with Gasteiger partial charge in [-0.1, -0.05) is 77.8 Å². The number of amides is 1. The number of anilines is 1. The van der Waals surface area contributed by atoms with Crippen LogP contribution in [0.3, 0.4) is 0 Å². The third-order valence-corrected chi connectivity index (χ3v) is 18.8. The molecule has 0 aliphatic carbocycles. The summed E-state index contributed by atoms with van der Waals surface area (Å²) in [5, 5.41) is 2.09. The molecule has 1 amide bonds. The van der Waals surface area contributed by atoms with Crippen LogP contribution < -0.4 is 9.64 Å². The third kappa shape index (κ3) is 6.30. The summed E-state index contributed by atoms with van der Waals surface area (Å²) >= 11 is -1.62. The summed E-state index contributed by atoms with van der Waals surface area (Å²) in [5.41, 5.74) is 6.04. The number of hydrogen-bond acceptors (Lipinski definition) is 8. The second-order valence-corrected chi connectivity index (χ2v) is 23.9. The van der Waals surface area contributed by atoms with Crippen molar-refractivity contribution in [3.8, 4) is 28.6 Å². The van der Waals surface area contributed by atoms with E-state index in [9.17, 15) is 9.35 Å². The number of nitrogens with zero attached hydrogens (tertiary/aromatic N) is 5. The van der Waals surface area contributed by atoms with Crippen LogP contribution in [-0.4, -0.2) is 81.2 Å². The van der Waals surface area contributed by atoms with Crippen LogP contribution in [0.1, 0.15) is 87.6 Å². The van der Waals surface area contributed by atoms with Crippen LogP contribution in [0.15, 0.2) is 41.6 Å². The summed E-state index contributed by atoms with van der Waals surface area (Å²) < 4.78 is 43.1. The number of halogens is 1. The Kier molecular flexibility index (Phi) is 9.93. The Hall–Kier alpha value is -3.92. The molecule has 2 aromatic heterocycles. The zero-order valence-corrected chi connectivity index (χ0v) is 35.1. The highest BCUT2D eigenvalue weighted by Gasteiger charge is 2.54. The van der Waals surface area contributed by atoms with E-state index >= 15 is 4.39 Å². The first-order valence-electron chi connectivity index (χ1n) is 19.2. The largest absolute Gasteiger partial charge is 0.609 e. The molecule has 3 aliphatic heterocycles.